The van der Waals surface area contributed by atoms with Crippen LogP contribution >= 0.6 is 12.4 Å². The van der Waals surface area contributed by atoms with Crippen molar-refractivity contribution in [1.82, 2.24) is 10.6 Å². The minimum absolute atomic E-state index is 0. The summed E-state index contributed by atoms with van der Waals surface area (Å²) >= 11 is 0. The number of nitrogens with one attached hydrogen (secondary N) is 2. The van der Waals surface area contributed by atoms with Gasteiger partial charge in [0.25, 0.3) is 5.69 Å². The Hall–Kier alpha value is -2.19. The van der Waals surface area contributed by atoms with Crippen molar-refractivity contribution in [2.45, 2.75) is 26.4 Å². The standard InChI is InChI=1S/C14H20N4O4.ClH/c1-9(2)13(15)14(20)17-8-12(19)16-7-10-3-5-11(6-4-10)18(21)22;/h3-6,9,13H,7-8,15H2,1-2H3,(H,16,19)(H,17,20);1H/t13-;/m0./s1. The highest BCUT2D eigenvalue weighted by atomic mass is 35.5. The average Bonchev–Trinajstić information content (AvgIpc) is 2.49. The lowest BCUT2D eigenvalue weighted by atomic mass is 10.1. The molecule has 2 amide bonds. The van der Waals surface area contributed by atoms with Crippen LogP contribution in [0.5, 0.6) is 0 Å². The molecule has 128 valence electrons. The van der Waals surface area contributed by atoms with Crippen LogP contribution in [0, 0.1) is 16.0 Å². The van der Waals surface area contributed by atoms with Crippen LogP contribution in [0.1, 0.15) is 19.4 Å². The fourth-order valence-electron chi connectivity index (χ4n) is 1.59. The second kappa shape index (κ2) is 9.75. The normalized spacial score (nSPS) is 11.3. The van der Waals surface area contributed by atoms with Crippen LogP contribution in [-0.4, -0.2) is 29.3 Å². The lowest BCUT2D eigenvalue weighted by Crippen LogP contribution is -2.47. The number of nitrogens with zero attached hydrogens (tertiary/aromatic N) is 1. The Labute approximate surface area is 140 Å². The molecule has 0 bridgehead atoms. The van der Waals surface area contributed by atoms with E-state index in [1.165, 1.54) is 12.1 Å². The van der Waals surface area contributed by atoms with Crippen LogP contribution < -0.4 is 16.4 Å². The number of halogens is 1. The summed E-state index contributed by atoms with van der Waals surface area (Å²) in [6.07, 6.45) is 0. The number of carbonyl (C=O) groups is 2. The lowest BCUT2D eigenvalue weighted by molar-refractivity contribution is -0.384. The van der Waals surface area contributed by atoms with Crippen molar-refractivity contribution < 1.29 is 14.5 Å². The van der Waals surface area contributed by atoms with Gasteiger partial charge in [0.05, 0.1) is 17.5 Å². The van der Waals surface area contributed by atoms with E-state index in [0.29, 0.717) is 0 Å². The smallest absolute Gasteiger partial charge is 0.269 e. The van der Waals surface area contributed by atoms with E-state index in [-0.39, 0.29) is 48.9 Å². The van der Waals surface area contributed by atoms with E-state index >= 15 is 0 Å². The fourth-order valence-corrected chi connectivity index (χ4v) is 1.59. The molecule has 0 spiro atoms. The van der Waals surface area contributed by atoms with Gasteiger partial charge >= 0.3 is 0 Å². The van der Waals surface area contributed by atoms with Crippen molar-refractivity contribution >= 4 is 29.9 Å². The van der Waals surface area contributed by atoms with Gasteiger partial charge in [0, 0.05) is 18.7 Å². The number of carbonyl (C=O) groups excluding carboxylic acids is 2. The molecule has 0 saturated carbocycles. The maximum Gasteiger partial charge on any atom is 0.269 e. The number of rotatable bonds is 7. The molecule has 0 aromatic heterocycles. The van der Waals surface area contributed by atoms with Gasteiger partial charge in [0.2, 0.25) is 11.8 Å². The van der Waals surface area contributed by atoms with E-state index < -0.39 is 11.0 Å². The Bertz CT molecular complexity index is 548. The van der Waals surface area contributed by atoms with Crippen molar-refractivity contribution in [2.75, 3.05) is 6.54 Å². The third-order valence-electron chi connectivity index (χ3n) is 3.08. The summed E-state index contributed by atoms with van der Waals surface area (Å²) < 4.78 is 0. The summed E-state index contributed by atoms with van der Waals surface area (Å²) in [4.78, 5) is 33.2. The third kappa shape index (κ3) is 7.07. The Morgan fingerprint density at radius 2 is 1.78 bits per heavy atom. The minimum Gasteiger partial charge on any atom is -0.350 e. The van der Waals surface area contributed by atoms with Gasteiger partial charge in [0.15, 0.2) is 0 Å². The highest BCUT2D eigenvalue weighted by Gasteiger charge is 2.17. The number of nitrogens with two attached hydrogens (primary N) is 1. The van der Waals surface area contributed by atoms with E-state index in [2.05, 4.69) is 10.6 Å². The average molecular weight is 345 g/mol. The first kappa shape index (κ1) is 20.8. The van der Waals surface area contributed by atoms with Gasteiger partial charge in [-0.1, -0.05) is 26.0 Å². The first-order valence-electron chi connectivity index (χ1n) is 6.84. The van der Waals surface area contributed by atoms with E-state index in [4.69, 9.17) is 5.73 Å². The fraction of sp³-hybridized carbons (Fsp3) is 0.429. The van der Waals surface area contributed by atoms with Gasteiger partial charge in [-0.2, -0.15) is 0 Å². The van der Waals surface area contributed by atoms with Crippen LogP contribution in [0.4, 0.5) is 5.69 Å². The molecule has 1 aromatic rings. The van der Waals surface area contributed by atoms with E-state index in [0.717, 1.165) is 5.56 Å². The lowest BCUT2D eigenvalue weighted by Gasteiger charge is -2.15. The number of benzene rings is 1. The topological polar surface area (TPSA) is 127 Å². The molecule has 0 saturated heterocycles. The summed E-state index contributed by atoms with van der Waals surface area (Å²) in [5, 5.41) is 15.6. The molecule has 0 fully saturated rings. The van der Waals surface area contributed by atoms with Crippen molar-refractivity contribution in [1.29, 1.82) is 0 Å². The van der Waals surface area contributed by atoms with Crippen LogP contribution in [0.25, 0.3) is 0 Å². The highest BCUT2D eigenvalue weighted by Crippen LogP contribution is 2.11. The molecule has 23 heavy (non-hydrogen) atoms. The molecule has 0 aliphatic rings. The zero-order valence-corrected chi connectivity index (χ0v) is 13.8. The molecular formula is C14H21ClN4O4. The van der Waals surface area contributed by atoms with Crippen LogP contribution in [0.15, 0.2) is 24.3 Å². The van der Waals surface area contributed by atoms with Crippen molar-refractivity contribution in [3.05, 3.63) is 39.9 Å². The minimum atomic E-state index is -0.650. The second-order valence-corrected chi connectivity index (χ2v) is 5.19. The molecular weight excluding hydrogens is 324 g/mol. The Kier molecular flexibility index (Phi) is 8.82. The van der Waals surface area contributed by atoms with E-state index in [9.17, 15) is 19.7 Å². The zero-order valence-electron chi connectivity index (χ0n) is 12.9. The van der Waals surface area contributed by atoms with Crippen molar-refractivity contribution in [3.8, 4) is 0 Å². The number of hydrogen-bond acceptors (Lipinski definition) is 5. The molecule has 1 aromatic carbocycles. The summed E-state index contributed by atoms with van der Waals surface area (Å²) in [6.45, 7) is 3.70. The summed E-state index contributed by atoms with van der Waals surface area (Å²) in [5.41, 5.74) is 6.37. The number of hydrogen-bond donors (Lipinski definition) is 3. The number of nitro benzene ring substituents is 1. The first-order valence-corrected chi connectivity index (χ1v) is 6.84. The molecule has 4 N–H and O–H groups in total. The van der Waals surface area contributed by atoms with Crippen LogP contribution in [0.2, 0.25) is 0 Å². The third-order valence-corrected chi connectivity index (χ3v) is 3.08. The largest absolute Gasteiger partial charge is 0.350 e. The van der Waals surface area contributed by atoms with Gasteiger partial charge in [-0.15, -0.1) is 12.4 Å². The Morgan fingerprint density at radius 3 is 2.26 bits per heavy atom. The van der Waals surface area contributed by atoms with E-state index in [1.54, 1.807) is 12.1 Å². The molecule has 0 aliphatic carbocycles. The molecule has 1 atom stereocenters. The second-order valence-electron chi connectivity index (χ2n) is 5.19. The Balaban J connectivity index is 0.00000484. The predicted molar refractivity (Wildman–Crippen MR) is 88.0 cm³/mol. The quantitative estimate of drug-likeness (QED) is 0.496. The zero-order chi connectivity index (χ0) is 16.7. The first-order chi connectivity index (χ1) is 10.3. The van der Waals surface area contributed by atoms with Crippen molar-refractivity contribution in [3.63, 3.8) is 0 Å². The molecule has 0 radical (unpaired) electrons. The van der Waals surface area contributed by atoms with Gasteiger partial charge < -0.3 is 16.4 Å². The number of amides is 2. The van der Waals surface area contributed by atoms with Crippen LogP contribution in [-0.2, 0) is 16.1 Å². The monoisotopic (exact) mass is 344 g/mol. The molecule has 1 rings (SSSR count). The maximum absolute atomic E-state index is 11.6. The SMILES string of the molecule is CC(C)[C@H](N)C(=O)NCC(=O)NCc1ccc([N+](=O)[O-])cc1.Cl. The van der Waals surface area contributed by atoms with Crippen molar-refractivity contribution in [2.24, 2.45) is 11.7 Å². The van der Waals surface area contributed by atoms with Gasteiger partial charge in [-0.25, -0.2) is 0 Å². The highest BCUT2D eigenvalue weighted by molar-refractivity contribution is 5.87. The summed E-state index contributed by atoms with van der Waals surface area (Å²) in [6, 6.07) is 5.20. The number of non-ortho nitro benzene ring substituents is 1. The molecule has 0 aliphatic heterocycles. The van der Waals surface area contributed by atoms with Gasteiger partial charge in [-0.05, 0) is 11.5 Å². The molecule has 0 unspecified atom stereocenters. The predicted octanol–water partition coefficient (Wildman–Crippen LogP) is 0.732. The summed E-state index contributed by atoms with van der Waals surface area (Å²) in [5.74, 6) is -0.744. The van der Waals surface area contributed by atoms with Gasteiger partial charge in [0.1, 0.15) is 0 Å². The molecule has 8 nitrogen and oxygen atoms in total. The number of nitro groups is 1. The summed E-state index contributed by atoms with van der Waals surface area (Å²) in [7, 11) is 0. The Morgan fingerprint density at radius 1 is 1.22 bits per heavy atom. The van der Waals surface area contributed by atoms with Crippen LogP contribution in [0.3, 0.4) is 0 Å². The maximum atomic E-state index is 11.6. The van der Waals surface area contributed by atoms with E-state index in [1.807, 2.05) is 13.8 Å². The molecule has 0 heterocycles. The van der Waals surface area contributed by atoms with Gasteiger partial charge in [-0.3, -0.25) is 19.7 Å². The molecule has 9 heteroatoms.